The normalized spacial score (nSPS) is 11.2. The van der Waals surface area contributed by atoms with E-state index in [1.807, 2.05) is 0 Å². The molecule has 0 atom stereocenters. The molecule has 0 bridgehead atoms. The highest BCUT2D eigenvalue weighted by Crippen LogP contribution is 2.39. The van der Waals surface area contributed by atoms with Crippen LogP contribution in [0.4, 0.5) is 43.9 Å². The molecule has 0 saturated heterocycles. The molecule has 11 heteroatoms. The Morgan fingerprint density at radius 2 is 1.08 bits per heavy atom. The minimum Gasteiger partial charge on any atom is -0.429 e. The minimum atomic E-state index is -4.88. The summed E-state index contributed by atoms with van der Waals surface area (Å²) in [6.45, 7) is 7.59. The van der Waals surface area contributed by atoms with Crippen LogP contribution < -0.4 is 4.74 Å². The van der Waals surface area contributed by atoms with Crippen molar-refractivity contribution < 1.29 is 48.6 Å². The number of benzene rings is 4. The number of hydrogen-bond acceptors (Lipinski definition) is 1. The van der Waals surface area contributed by atoms with Gasteiger partial charge in [-0.1, -0.05) is 12.1 Å². The fraction of sp³-hybridized carbons (Fsp3) is 0.0714. The summed E-state index contributed by atoms with van der Waals surface area (Å²) >= 11 is 0. The molecule has 4 rings (SSSR count). The van der Waals surface area contributed by atoms with Gasteiger partial charge in [0.2, 0.25) is 0 Å². The van der Waals surface area contributed by atoms with Gasteiger partial charge in [-0.05, 0) is 53.9 Å². The zero-order valence-corrected chi connectivity index (χ0v) is 19.8. The van der Waals surface area contributed by atoms with Crippen LogP contribution in [0.2, 0.25) is 0 Å². The lowest BCUT2D eigenvalue weighted by Gasteiger charge is -2.20. The first kappa shape index (κ1) is 29.3. The molecule has 0 fully saturated rings. The molecule has 0 aliphatic carbocycles. The van der Waals surface area contributed by atoms with E-state index in [0.29, 0.717) is 17.7 Å². The maximum absolute atomic E-state index is 14.8. The van der Waals surface area contributed by atoms with Gasteiger partial charge in [-0.3, -0.25) is 0 Å². The average Bonchev–Trinajstić information content (AvgIpc) is 2.82. The summed E-state index contributed by atoms with van der Waals surface area (Å²) in [6, 6.07) is 5.72. The minimum absolute atomic E-state index is 0.0275. The van der Waals surface area contributed by atoms with E-state index in [1.54, 1.807) is 6.92 Å². The summed E-state index contributed by atoms with van der Waals surface area (Å²) in [4.78, 5) is 0. The quantitative estimate of drug-likeness (QED) is 0.135. The lowest BCUT2D eigenvalue weighted by Crippen LogP contribution is -2.25. The predicted octanol–water partition coefficient (Wildman–Crippen LogP) is 9.37. The van der Waals surface area contributed by atoms with Crippen molar-refractivity contribution in [1.82, 2.24) is 0 Å². The van der Waals surface area contributed by atoms with Crippen molar-refractivity contribution in [3.63, 3.8) is 0 Å². The summed E-state index contributed by atoms with van der Waals surface area (Å²) in [5, 5.41) is 0. The number of aryl methyl sites for hydroxylation is 1. The Morgan fingerprint density at radius 3 is 1.56 bits per heavy atom. The largest absolute Gasteiger partial charge is 0.432 e. The van der Waals surface area contributed by atoms with E-state index < -0.39 is 75.1 Å². The number of hydrogen-bond donors (Lipinski definition) is 0. The van der Waals surface area contributed by atoms with Gasteiger partial charge in [-0.2, -0.15) is 8.78 Å². The maximum atomic E-state index is 14.8. The molecular formula is C28H16F10O. The fourth-order valence-corrected chi connectivity index (χ4v) is 3.64. The molecule has 0 N–H and O–H groups in total. The molecule has 0 radical (unpaired) electrons. The van der Waals surface area contributed by atoms with Crippen LogP contribution in [0, 0.1) is 53.5 Å². The monoisotopic (exact) mass is 558 g/mol. The van der Waals surface area contributed by atoms with Crippen LogP contribution in [0.1, 0.15) is 11.1 Å². The van der Waals surface area contributed by atoms with Crippen molar-refractivity contribution in [3.8, 4) is 28.0 Å². The van der Waals surface area contributed by atoms with Gasteiger partial charge in [0, 0.05) is 17.7 Å². The van der Waals surface area contributed by atoms with Crippen LogP contribution in [0.5, 0.6) is 5.75 Å². The van der Waals surface area contributed by atoms with Gasteiger partial charge in [0.15, 0.2) is 17.5 Å². The standard InChI is InChI=1S/C26H12F10O.C2H4/c1-11-2-3-15(16(27)4-11)12-5-17(28)23(18(29)6-12)13-7-19(30)24(20(31)8-13)26(35,36)37-14-9-21(32)25(34)22(33)10-14;1-2/h2-10H,1H3;1-2H2. The van der Waals surface area contributed by atoms with E-state index in [4.69, 9.17) is 0 Å². The molecule has 4 aromatic carbocycles. The van der Waals surface area contributed by atoms with Gasteiger partial charge < -0.3 is 4.74 Å². The summed E-state index contributed by atoms with van der Waals surface area (Å²) in [7, 11) is 0. The summed E-state index contributed by atoms with van der Waals surface area (Å²) < 4.78 is 146. The highest BCUT2D eigenvalue weighted by Gasteiger charge is 2.42. The van der Waals surface area contributed by atoms with Crippen molar-refractivity contribution in [2.24, 2.45) is 0 Å². The Bertz CT molecular complexity index is 1480. The van der Waals surface area contributed by atoms with Crippen LogP contribution in [0.15, 0.2) is 67.8 Å². The summed E-state index contributed by atoms with van der Waals surface area (Å²) in [5.41, 5.74) is -3.70. The molecule has 39 heavy (non-hydrogen) atoms. The smallest absolute Gasteiger partial charge is 0.429 e. The number of ether oxygens (including phenoxy) is 1. The van der Waals surface area contributed by atoms with Gasteiger partial charge in [-0.15, -0.1) is 13.2 Å². The van der Waals surface area contributed by atoms with Crippen molar-refractivity contribution in [3.05, 3.63) is 125 Å². The SMILES string of the molecule is C=C.Cc1ccc(-c2cc(F)c(-c3cc(F)c(C(F)(F)Oc4cc(F)c(F)c(F)c4)c(F)c3)c(F)c2)c(F)c1. The molecule has 0 spiro atoms. The average molecular weight is 558 g/mol. The second kappa shape index (κ2) is 11.2. The number of halogens is 10. The van der Waals surface area contributed by atoms with Crippen molar-refractivity contribution >= 4 is 0 Å². The van der Waals surface area contributed by atoms with Crippen LogP contribution >= 0.6 is 0 Å². The summed E-state index contributed by atoms with van der Waals surface area (Å²) in [5.74, 6) is -14.6. The van der Waals surface area contributed by atoms with Crippen molar-refractivity contribution in [2.75, 3.05) is 0 Å². The highest BCUT2D eigenvalue weighted by atomic mass is 19.3. The highest BCUT2D eigenvalue weighted by molar-refractivity contribution is 5.72. The van der Waals surface area contributed by atoms with Gasteiger partial charge >= 0.3 is 6.11 Å². The number of rotatable bonds is 5. The Hall–Kier alpha value is -4.28. The zero-order valence-electron chi connectivity index (χ0n) is 19.8. The topological polar surface area (TPSA) is 9.23 Å². The van der Waals surface area contributed by atoms with Crippen LogP contribution in [0.3, 0.4) is 0 Å². The molecule has 4 aromatic rings. The van der Waals surface area contributed by atoms with E-state index >= 15 is 0 Å². The Balaban J connectivity index is 0.00000205. The third-order valence-electron chi connectivity index (χ3n) is 5.30. The molecule has 0 aromatic heterocycles. The van der Waals surface area contributed by atoms with E-state index in [2.05, 4.69) is 17.9 Å². The molecule has 0 aliphatic rings. The van der Waals surface area contributed by atoms with E-state index in [0.717, 1.165) is 6.07 Å². The second-order valence-corrected chi connectivity index (χ2v) is 7.93. The first-order chi connectivity index (χ1) is 18.3. The second-order valence-electron chi connectivity index (χ2n) is 7.93. The third-order valence-corrected chi connectivity index (χ3v) is 5.30. The maximum Gasteiger partial charge on any atom is 0.432 e. The van der Waals surface area contributed by atoms with E-state index in [9.17, 15) is 43.9 Å². The Morgan fingerprint density at radius 1 is 0.590 bits per heavy atom. The van der Waals surface area contributed by atoms with Crippen LogP contribution in [-0.4, -0.2) is 0 Å². The fourth-order valence-electron chi connectivity index (χ4n) is 3.64. The zero-order chi connectivity index (χ0) is 29.2. The molecule has 204 valence electrons. The molecule has 0 saturated carbocycles. The van der Waals surface area contributed by atoms with E-state index in [-0.39, 0.29) is 35.4 Å². The van der Waals surface area contributed by atoms with Gasteiger partial charge in [0.1, 0.15) is 40.4 Å². The van der Waals surface area contributed by atoms with Crippen molar-refractivity contribution in [1.29, 1.82) is 0 Å². The predicted molar refractivity (Wildman–Crippen MR) is 124 cm³/mol. The lowest BCUT2D eigenvalue weighted by atomic mass is 9.97. The summed E-state index contributed by atoms with van der Waals surface area (Å²) in [6.07, 6.45) is -4.88. The van der Waals surface area contributed by atoms with Crippen LogP contribution in [0.25, 0.3) is 22.3 Å². The van der Waals surface area contributed by atoms with Gasteiger partial charge in [0.25, 0.3) is 0 Å². The Labute approximate surface area is 215 Å². The molecule has 0 aliphatic heterocycles. The number of alkyl halides is 2. The Kier molecular flexibility index (Phi) is 8.42. The van der Waals surface area contributed by atoms with E-state index in [1.165, 1.54) is 12.1 Å². The first-order valence-electron chi connectivity index (χ1n) is 10.8. The first-order valence-corrected chi connectivity index (χ1v) is 10.8. The molecule has 0 heterocycles. The molecule has 0 unspecified atom stereocenters. The van der Waals surface area contributed by atoms with Gasteiger partial charge in [0.05, 0.1) is 5.56 Å². The molecular weight excluding hydrogens is 542 g/mol. The molecule has 1 nitrogen and oxygen atoms in total. The molecule has 0 amide bonds. The van der Waals surface area contributed by atoms with Crippen molar-refractivity contribution in [2.45, 2.75) is 13.0 Å². The third kappa shape index (κ3) is 5.92. The van der Waals surface area contributed by atoms with Crippen LogP contribution in [-0.2, 0) is 6.11 Å². The lowest BCUT2D eigenvalue weighted by molar-refractivity contribution is -0.189. The van der Waals surface area contributed by atoms with Gasteiger partial charge in [-0.25, -0.2) is 35.1 Å².